The molecule has 0 rings (SSSR count). The molecule has 9 heteroatoms. The van der Waals surface area contributed by atoms with Crippen LogP contribution in [0.15, 0.2) is 60.8 Å². The van der Waals surface area contributed by atoms with Gasteiger partial charge in [0.2, 0.25) is 5.91 Å². The number of unbranched alkanes of at least 4 members (excludes halogenated alkanes) is 32. The first kappa shape index (κ1) is 67.2. The summed E-state index contributed by atoms with van der Waals surface area (Å²) in [6.07, 6.45) is 68.7. The maximum Gasteiger partial charge on any atom is 0.268 e. The molecule has 1 amide bonds. The normalized spacial score (nSPS) is 14.4. The number of likely N-dealkylation sites (N-methyl/N-ethyl adjacent to an activating group) is 1. The Morgan fingerprint density at radius 3 is 1.29 bits per heavy atom. The van der Waals surface area contributed by atoms with Gasteiger partial charge in [-0.25, -0.2) is 0 Å². The van der Waals surface area contributed by atoms with E-state index < -0.39 is 20.0 Å². The first-order valence-electron chi connectivity index (χ1n) is 29.2. The van der Waals surface area contributed by atoms with Crippen molar-refractivity contribution in [3.05, 3.63) is 60.8 Å². The van der Waals surface area contributed by atoms with Crippen LogP contribution in [0.25, 0.3) is 0 Å². The first-order valence-corrected chi connectivity index (χ1v) is 30.6. The van der Waals surface area contributed by atoms with Crippen molar-refractivity contribution in [2.75, 3.05) is 40.9 Å². The SMILES string of the molecule is CC/C=C\C/C=C\C/C=C\C/C=C\CCCCCCCCCCC(=O)NC(COP(=O)([O-])OCC[N+](C)(C)C)C(O)/C=C/CCCCCCCCCCCCCCCCCCCCCCCCCC. The molecule has 2 N–H and O–H groups in total. The predicted octanol–water partition coefficient (Wildman–Crippen LogP) is 17.1. The molecule has 0 saturated carbocycles. The van der Waals surface area contributed by atoms with Gasteiger partial charge in [-0.15, -0.1) is 0 Å². The molecule has 404 valence electrons. The summed E-state index contributed by atoms with van der Waals surface area (Å²) in [6.45, 7) is 4.55. The molecule has 0 radical (unpaired) electrons. The zero-order chi connectivity index (χ0) is 50.6. The fourth-order valence-electron chi connectivity index (χ4n) is 8.44. The Kier molecular flexibility index (Phi) is 49.8. The van der Waals surface area contributed by atoms with Crippen LogP contribution in [-0.2, 0) is 18.4 Å². The number of quaternary nitrogens is 1. The van der Waals surface area contributed by atoms with Gasteiger partial charge in [0.05, 0.1) is 39.9 Å². The Morgan fingerprint density at radius 1 is 0.522 bits per heavy atom. The van der Waals surface area contributed by atoms with Crippen molar-refractivity contribution in [3.63, 3.8) is 0 Å². The Balaban J connectivity index is 4.22. The molecule has 0 aromatic carbocycles. The minimum atomic E-state index is -4.60. The Labute approximate surface area is 428 Å². The molecule has 8 nitrogen and oxygen atoms in total. The van der Waals surface area contributed by atoms with E-state index in [0.717, 1.165) is 77.0 Å². The maximum absolute atomic E-state index is 13.0. The van der Waals surface area contributed by atoms with Gasteiger partial charge in [0.1, 0.15) is 13.2 Å². The van der Waals surface area contributed by atoms with Crippen LogP contribution in [0, 0.1) is 0 Å². The summed E-state index contributed by atoms with van der Waals surface area (Å²) in [5, 5.41) is 13.9. The van der Waals surface area contributed by atoms with Gasteiger partial charge in [-0.2, -0.15) is 0 Å². The molecule has 0 fully saturated rings. The van der Waals surface area contributed by atoms with Crippen LogP contribution < -0.4 is 10.2 Å². The molecule has 0 spiro atoms. The molecular formula is C60H113N2O6P. The van der Waals surface area contributed by atoms with Crippen molar-refractivity contribution < 1.29 is 32.9 Å². The van der Waals surface area contributed by atoms with Gasteiger partial charge in [0.15, 0.2) is 0 Å². The third kappa shape index (κ3) is 53.8. The lowest BCUT2D eigenvalue weighted by Crippen LogP contribution is -2.45. The van der Waals surface area contributed by atoms with E-state index in [2.05, 4.69) is 67.8 Å². The molecule has 0 saturated heterocycles. The van der Waals surface area contributed by atoms with Crippen LogP contribution in [0.5, 0.6) is 0 Å². The van der Waals surface area contributed by atoms with Gasteiger partial charge in [0.25, 0.3) is 7.82 Å². The van der Waals surface area contributed by atoms with E-state index in [4.69, 9.17) is 9.05 Å². The number of carbonyl (C=O) groups is 1. The highest BCUT2D eigenvalue weighted by molar-refractivity contribution is 7.45. The number of aliphatic hydroxyl groups excluding tert-OH is 1. The number of rotatable bonds is 53. The largest absolute Gasteiger partial charge is 0.756 e. The van der Waals surface area contributed by atoms with E-state index in [-0.39, 0.29) is 19.1 Å². The molecule has 0 heterocycles. The smallest absolute Gasteiger partial charge is 0.268 e. The molecule has 0 aliphatic carbocycles. The van der Waals surface area contributed by atoms with Crippen LogP contribution in [0.4, 0.5) is 0 Å². The third-order valence-corrected chi connectivity index (χ3v) is 13.9. The third-order valence-electron chi connectivity index (χ3n) is 13.0. The summed E-state index contributed by atoms with van der Waals surface area (Å²) in [7, 11) is 1.25. The summed E-state index contributed by atoms with van der Waals surface area (Å²) in [4.78, 5) is 25.5. The lowest BCUT2D eigenvalue weighted by Gasteiger charge is -2.29. The highest BCUT2D eigenvalue weighted by atomic mass is 31.2. The topological polar surface area (TPSA) is 108 Å². The molecular weight excluding hydrogens is 876 g/mol. The monoisotopic (exact) mass is 989 g/mol. The van der Waals surface area contributed by atoms with Crippen molar-refractivity contribution in [1.29, 1.82) is 0 Å². The van der Waals surface area contributed by atoms with Crippen molar-refractivity contribution >= 4 is 13.7 Å². The molecule has 3 atom stereocenters. The lowest BCUT2D eigenvalue weighted by molar-refractivity contribution is -0.870. The summed E-state index contributed by atoms with van der Waals surface area (Å²) in [5.41, 5.74) is 0. The zero-order valence-corrected chi connectivity index (χ0v) is 46.9. The zero-order valence-electron chi connectivity index (χ0n) is 46.0. The van der Waals surface area contributed by atoms with Gasteiger partial charge >= 0.3 is 0 Å². The number of phosphoric acid groups is 1. The van der Waals surface area contributed by atoms with Crippen LogP contribution in [0.1, 0.15) is 264 Å². The van der Waals surface area contributed by atoms with E-state index in [1.165, 1.54) is 167 Å². The summed E-state index contributed by atoms with van der Waals surface area (Å²) < 4.78 is 23.4. The lowest BCUT2D eigenvalue weighted by atomic mass is 10.0. The Morgan fingerprint density at radius 2 is 0.884 bits per heavy atom. The summed E-state index contributed by atoms with van der Waals surface area (Å²) in [6, 6.07) is -0.895. The number of nitrogens with one attached hydrogen (secondary N) is 1. The second-order valence-electron chi connectivity index (χ2n) is 21.0. The molecule has 0 bridgehead atoms. The highest BCUT2D eigenvalue weighted by Crippen LogP contribution is 2.38. The molecule has 0 aliphatic heterocycles. The molecule has 0 aliphatic rings. The molecule has 69 heavy (non-hydrogen) atoms. The van der Waals surface area contributed by atoms with Gasteiger partial charge < -0.3 is 28.8 Å². The number of phosphoric ester groups is 1. The Bertz CT molecular complexity index is 1310. The van der Waals surface area contributed by atoms with Gasteiger partial charge in [-0.1, -0.05) is 261 Å². The molecule has 0 aromatic heterocycles. The minimum Gasteiger partial charge on any atom is -0.756 e. The predicted molar refractivity (Wildman–Crippen MR) is 297 cm³/mol. The first-order chi connectivity index (χ1) is 33.5. The van der Waals surface area contributed by atoms with E-state index in [1.54, 1.807) is 6.08 Å². The van der Waals surface area contributed by atoms with Crippen molar-refractivity contribution in [2.45, 2.75) is 276 Å². The van der Waals surface area contributed by atoms with Crippen LogP contribution in [0.3, 0.4) is 0 Å². The van der Waals surface area contributed by atoms with Crippen molar-refractivity contribution in [3.8, 4) is 0 Å². The van der Waals surface area contributed by atoms with Gasteiger partial charge in [-0.3, -0.25) is 9.36 Å². The quantitative estimate of drug-likeness (QED) is 0.0272. The number of carbonyl (C=O) groups excluding carboxylic acids is 1. The fourth-order valence-corrected chi connectivity index (χ4v) is 9.16. The minimum absolute atomic E-state index is 0.00458. The van der Waals surface area contributed by atoms with E-state index in [9.17, 15) is 19.4 Å². The standard InChI is InChI=1S/C60H113N2O6P/c1-6-8-10-12-14-16-18-20-22-24-26-28-29-30-31-32-34-35-37-39-41-43-45-47-49-51-53-59(63)58(57-68-69(65,66)67-56-55-62(3,4)5)61-60(64)54-52-50-48-46-44-42-40-38-36-33-27-25-23-21-19-17-15-13-11-9-7-2/h9,11,15,17,21,23,27,33,51,53,58-59,63H,6-8,10,12-14,16,18-20,22,24-26,28-32,34-50,52,54-57H2,1-5H3,(H-,61,64,65,66)/b11-9-,17-15-,23-21-,33-27-,53-51+. The summed E-state index contributed by atoms with van der Waals surface area (Å²) in [5.74, 6) is -0.205. The highest BCUT2D eigenvalue weighted by Gasteiger charge is 2.23. The fraction of sp³-hybridized carbons (Fsp3) is 0.817. The Hall–Kier alpha value is -1.80. The number of aliphatic hydroxyl groups is 1. The van der Waals surface area contributed by atoms with Crippen molar-refractivity contribution in [1.82, 2.24) is 5.32 Å². The molecule has 0 aromatic rings. The van der Waals surface area contributed by atoms with Crippen LogP contribution in [-0.4, -0.2) is 68.5 Å². The number of hydrogen-bond acceptors (Lipinski definition) is 6. The molecule has 3 unspecified atom stereocenters. The maximum atomic E-state index is 13.0. The average Bonchev–Trinajstić information content (AvgIpc) is 3.31. The number of allylic oxidation sites excluding steroid dienone is 9. The summed E-state index contributed by atoms with van der Waals surface area (Å²) >= 11 is 0. The van der Waals surface area contributed by atoms with Crippen LogP contribution >= 0.6 is 7.82 Å². The number of amides is 1. The second kappa shape index (κ2) is 51.1. The second-order valence-corrected chi connectivity index (χ2v) is 22.4. The number of nitrogens with zero attached hydrogens (tertiary/aromatic N) is 1. The van der Waals surface area contributed by atoms with Gasteiger partial charge in [0, 0.05) is 6.42 Å². The van der Waals surface area contributed by atoms with E-state index >= 15 is 0 Å². The van der Waals surface area contributed by atoms with E-state index in [1.807, 2.05) is 27.2 Å². The average molecular weight is 990 g/mol. The van der Waals surface area contributed by atoms with Crippen molar-refractivity contribution in [2.24, 2.45) is 0 Å². The van der Waals surface area contributed by atoms with Gasteiger partial charge in [-0.05, 0) is 57.8 Å². The van der Waals surface area contributed by atoms with Crippen LogP contribution in [0.2, 0.25) is 0 Å². The number of hydrogen-bond donors (Lipinski definition) is 2. The van der Waals surface area contributed by atoms with E-state index in [0.29, 0.717) is 17.4 Å².